The summed E-state index contributed by atoms with van der Waals surface area (Å²) in [6.45, 7) is 4.16. The van der Waals surface area contributed by atoms with Crippen molar-refractivity contribution in [1.29, 1.82) is 0 Å². The van der Waals surface area contributed by atoms with Gasteiger partial charge in [-0.25, -0.2) is 0 Å². The molecule has 0 spiro atoms. The second kappa shape index (κ2) is 8.55. The fourth-order valence-electron chi connectivity index (χ4n) is 4.62. The molecule has 2 amide bonds. The number of carbonyl (C=O) groups excluding carboxylic acids is 2. The maximum atomic E-state index is 13.0. The summed E-state index contributed by atoms with van der Waals surface area (Å²) in [4.78, 5) is 39.9. The Morgan fingerprint density at radius 2 is 1.86 bits per heavy atom. The molecule has 4 rings (SSSR count). The molecule has 3 aliphatic rings. The number of hydrogen-bond acceptors (Lipinski definition) is 5. The van der Waals surface area contributed by atoms with Crippen LogP contribution in [-0.2, 0) is 16.1 Å². The van der Waals surface area contributed by atoms with Gasteiger partial charge in [-0.15, -0.1) is 0 Å². The Balaban J connectivity index is 1.28. The zero-order valence-corrected chi connectivity index (χ0v) is 16.8. The van der Waals surface area contributed by atoms with Gasteiger partial charge >= 0.3 is 0 Å². The quantitative estimate of drug-likeness (QED) is 0.769. The van der Waals surface area contributed by atoms with Crippen molar-refractivity contribution in [2.24, 2.45) is 11.8 Å². The van der Waals surface area contributed by atoms with Gasteiger partial charge in [0.2, 0.25) is 11.8 Å². The monoisotopic (exact) mass is 385 g/mol. The molecule has 2 aliphatic heterocycles. The first-order chi connectivity index (χ1) is 13.6. The maximum absolute atomic E-state index is 13.0. The molecule has 3 heterocycles. The summed E-state index contributed by atoms with van der Waals surface area (Å²) in [6.07, 6.45) is 11.3. The van der Waals surface area contributed by atoms with Crippen LogP contribution in [0.4, 0.5) is 0 Å². The average molecular weight is 386 g/mol. The Morgan fingerprint density at radius 3 is 2.54 bits per heavy atom. The molecule has 28 heavy (non-hydrogen) atoms. The molecule has 0 bridgehead atoms. The third-order valence-corrected chi connectivity index (χ3v) is 6.41. The summed E-state index contributed by atoms with van der Waals surface area (Å²) in [5.41, 5.74) is 0.818. The molecular formula is C21H31N5O2. The van der Waals surface area contributed by atoms with E-state index in [1.807, 2.05) is 7.05 Å². The lowest BCUT2D eigenvalue weighted by Gasteiger charge is -2.42. The summed E-state index contributed by atoms with van der Waals surface area (Å²) >= 11 is 0. The highest BCUT2D eigenvalue weighted by Gasteiger charge is 2.37. The molecule has 1 aromatic heterocycles. The normalized spacial score (nSPS) is 24.2. The van der Waals surface area contributed by atoms with Crippen LogP contribution in [0.1, 0.15) is 44.2 Å². The van der Waals surface area contributed by atoms with Crippen LogP contribution >= 0.6 is 0 Å². The summed E-state index contributed by atoms with van der Waals surface area (Å²) < 4.78 is 0. The number of nitrogens with zero attached hydrogens (tertiary/aromatic N) is 5. The van der Waals surface area contributed by atoms with E-state index in [1.54, 1.807) is 23.5 Å². The largest absolute Gasteiger partial charge is 0.342 e. The van der Waals surface area contributed by atoms with Crippen LogP contribution in [0.25, 0.3) is 0 Å². The van der Waals surface area contributed by atoms with Gasteiger partial charge in [0.1, 0.15) is 0 Å². The lowest BCUT2D eigenvalue weighted by Crippen LogP contribution is -2.51. The molecule has 1 atom stereocenters. The van der Waals surface area contributed by atoms with Gasteiger partial charge in [-0.2, -0.15) is 0 Å². The number of rotatable bonds is 5. The highest BCUT2D eigenvalue weighted by molar-refractivity contribution is 5.81. The van der Waals surface area contributed by atoms with Crippen LogP contribution in [0, 0.1) is 11.8 Å². The van der Waals surface area contributed by atoms with Gasteiger partial charge < -0.3 is 9.80 Å². The van der Waals surface area contributed by atoms with Crippen LogP contribution in [0.3, 0.4) is 0 Å². The number of amides is 2. The van der Waals surface area contributed by atoms with Crippen LogP contribution in [0.5, 0.6) is 0 Å². The molecule has 0 aromatic carbocycles. The third kappa shape index (κ3) is 4.51. The van der Waals surface area contributed by atoms with Crippen molar-refractivity contribution in [2.45, 2.75) is 51.1 Å². The smallest absolute Gasteiger partial charge is 0.227 e. The summed E-state index contributed by atoms with van der Waals surface area (Å²) in [5.74, 6) is 0.951. The van der Waals surface area contributed by atoms with Crippen LogP contribution in [0.15, 0.2) is 18.6 Å². The van der Waals surface area contributed by atoms with E-state index >= 15 is 0 Å². The lowest BCUT2D eigenvalue weighted by molar-refractivity contribution is -0.137. The zero-order valence-electron chi connectivity index (χ0n) is 16.8. The van der Waals surface area contributed by atoms with Crippen molar-refractivity contribution < 1.29 is 9.59 Å². The van der Waals surface area contributed by atoms with Gasteiger partial charge in [-0.3, -0.25) is 24.5 Å². The van der Waals surface area contributed by atoms with E-state index < -0.39 is 0 Å². The Hall–Kier alpha value is -2.02. The minimum atomic E-state index is 0.0570. The topological polar surface area (TPSA) is 69.6 Å². The molecule has 0 radical (unpaired) electrons. The van der Waals surface area contributed by atoms with E-state index in [1.165, 1.54) is 0 Å². The number of hydrogen-bond donors (Lipinski definition) is 0. The minimum Gasteiger partial charge on any atom is -0.342 e. The van der Waals surface area contributed by atoms with Gasteiger partial charge in [0.15, 0.2) is 0 Å². The third-order valence-electron chi connectivity index (χ3n) is 6.41. The molecular weight excluding hydrogens is 354 g/mol. The number of carbonyl (C=O) groups is 2. The Labute approximate surface area is 167 Å². The van der Waals surface area contributed by atoms with Crippen molar-refractivity contribution in [3.8, 4) is 0 Å². The molecule has 7 nitrogen and oxygen atoms in total. The number of likely N-dealkylation sites (tertiary alicyclic amines) is 2. The van der Waals surface area contributed by atoms with E-state index in [2.05, 4.69) is 19.8 Å². The summed E-state index contributed by atoms with van der Waals surface area (Å²) in [7, 11) is 1.86. The molecule has 1 saturated carbocycles. The second-order valence-corrected chi connectivity index (χ2v) is 8.56. The summed E-state index contributed by atoms with van der Waals surface area (Å²) in [5, 5.41) is 0. The zero-order chi connectivity index (χ0) is 19.5. The van der Waals surface area contributed by atoms with Crippen LogP contribution < -0.4 is 0 Å². The Kier molecular flexibility index (Phi) is 5.90. The summed E-state index contributed by atoms with van der Waals surface area (Å²) in [6, 6.07) is 0.504. The molecule has 0 N–H and O–H groups in total. The fourth-order valence-corrected chi connectivity index (χ4v) is 4.62. The fraction of sp³-hybridized carbons (Fsp3) is 0.714. The first-order valence-electron chi connectivity index (χ1n) is 10.6. The van der Waals surface area contributed by atoms with Crippen LogP contribution in [-0.4, -0.2) is 75.8 Å². The van der Waals surface area contributed by atoms with Crippen LogP contribution in [0.2, 0.25) is 0 Å². The highest BCUT2D eigenvalue weighted by Crippen LogP contribution is 2.32. The molecule has 152 valence electrons. The van der Waals surface area contributed by atoms with E-state index in [0.29, 0.717) is 24.4 Å². The first kappa shape index (κ1) is 19.3. The van der Waals surface area contributed by atoms with Crippen molar-refractivity contribution in [3.05, 3.63) is 24.3 Å². The highest BCUT2D eigenvalue weighted by atomic mass is 16.2. The van der Waals surface area contributed by atoms with Crippen molar-refractivity contribution >= 4 is 11.8 Å². The van der Waals surface area contributed by atoms with Gasteiger partial charge in [-0.05, 0) is 45.1 Å². The predicted molar refractivity (Wildman–Crippen MR) is 105 cm³/mol. The standard InChI is InChI=1S/C21H31N5O2/c1-24(15-18-13-22-8-9-23-18)20(27)17-3-2-10-26(14-17)19-6-11-25(12-7-19)21(28)16-4-5-16/h8-9,13,16-17,19H,2-7,10-12,14-15H2,1H3. The average Bonchev–Trinajstić information content (AvgIpc) is 3.59. The van der Waals surface area contributed by atoms with Gasteiger partial charge in [0.05, 0.1) is 24.4 Å². The number of aromatic nitrogens is 2. The molecule has 1 aromatic rings. The van der Waals surface area contributed by atoms with Crippen molar-refractivity contribution in [1.82, 2.24) is 24.7 Å². The van der Waals surface area contributed by atoms with Crippen molar-refractivity contribution in [3.63, 3.8) is 0 Å². The predicted octanol–water partition coefficient (Wildman–Crippen LogP) is 1.55. The molecule has 7 heteroatoms. The SMILES string of the molecule is CN(Cc1cnccn1)C(=O)C1CCCN(C2CCN(C(=O)C3CC3)CC2)C1. The molecule has 1 unspecified atom stereocenters. The van der Waals surface area contributed by atoms with E-state index in [-0.39, 0.29) is 11.8 Å². The molecule has 1 aliphatic carbocycles. The van der Waals surface area contributed by atoms with Crippen molar-refractivity contribution in [2.75, 3.05) is 33.2 Å². The van der Waals surface area contributed by atoms with Gasteiger partial charge in [0, 0.05) is 51.0 Å². The van der Waals surface area contributed by atoms with E-state index in [0.717, 1.165) is 70.4 Å². The van der Waals surface area contributed by atoms with Gasteiger partial charge in [-0.1, -0.05) is 0 Å². The number of piperidine rings is 2. The van der Waals surface area contributed by atoms with E-state index in [9.17, 15) is 9.59 Å². The van der Waals surface area contributed by atoms with Gasteiger partial charge in [0.25, 0.3) is 0 Å². The Bertz CT molecular complexity index is 685. The maximum Gasteiger partial charge on any atom is 0.227 e. The second-order valence-electron chi connectivity index (χ2n) is 8.56. The lowest BCUT2D eigenvalue weighted by atomic mass is 9.92. The van der Waals surface area contributed by atoms with E-state index in [4.69, 9.17) is 0 Å². The first-order valence-corrected chi connectivity index (χ1v) is 10.6. The minimum absolute atomic E-state index is 0.0570. The molecule has 2 saturated heterocycles. The Morgan fingerprint density at radius 1 is 1.07 bits per heavy atom. The molecule has 3 fully saturated rings.